The van der Waals surface area contributed by atoms with Gasteiger partial charge in [0.15, 0.2) is 0 Å². The fraction of sp³-hybridized carbons (Fsp3) is 0.333. The van der Waals surface area contributed by atoms with Crippen LogP contribution in [0.1, 0.15) is 36.6 Å². The molecule has 1 aliphatic rings. The monoisotopic (exact) mass is 440 g/mol. The Labute approximate surface area is 199 Å². The van der Waals surface area contributed by atoms with Gasteiger partial charge in [-0.1, -0.05) is 103 Å². The van der Waals surface area contributed by atoms with Crippen LogP contribution in [0.3, 0.4) is 0 Å². The number of ether oxygens (including phenoxy) is 1. The van der Waals surface area contributed by atoms with E-state index in [2.05, 4.69) is 127 Å². The molecule has 0 spiro atoms. The zero-order valence-corrected chi connectivity index (χ0v) is 19.9. The van der Waals surface area contributed by atoms with Crippen LogP contribution in [-0.4, -0.2) is 54.7 Å². The van der Waals surface area contributed by atoms with Gasteiger partial charge >= 0.3 is 0 Å². The quantitative estimate of drug-likeness (QED) is 0.412. The lowest BCUT2D eigenvalue weighted by Gasteiger charge is -2.44. The van der Waals surface area contributed by atoms with E-state index in [4.69, 9.17) is 4.74 Å². The molecular formula is C30H36N2O. The highest BCUT2D eigenvalue weighted by Gasteiger charge is 2.28. The van der Waals surface area contributed by atoms with Gasteiger partial charge in [0.2, 0.25) is 0 Å². The van der Waals surface area contributed by atoms with Crippen LogP contribution in [0, 0.1) is 0 Å². The van der Waals surface area contributed by atoms with Crippen molar-refractivity contribution in [3.05, 3.63) is 114 Å². The third kappa shape index (κ3) is 6.64. The average molecular weight is 441 g/mol. The highest BCUT2D eigenvalue weighted by Crippen LogP contribution is 2.26. The first-order valence-electron chi connectivity index (χ1n) is 12.1. The summed E-state index contributed by atoms with van der Waals surface area (Å²) in [6, 6.07) is 32.7. The van der Waals surface area contributed by atoms with Crippen molar-refractivity contribution in [1.82, 2.24) is 9.80 Å². The van der Waals surface area contributed by atoms with E-state index in [1.54, 1.807) is 0 Å². The molecule has 1 fully saturated rings. The Bertz CT molecular complexity index is 934. The third-order valence-corrected chi connectivity index (χ3v) is 6.56. The first-order chi connectivity index (χ1) is 16.2. The smallest absolute Gasteiger partial charge is 0.108 e. The van der Waals surface area contributed by atoms with E-state index in [0.29, 0.717) is 12.1 Å². The summed E-state index contributed by atoms with van der Waals surface area (Å²) in [7, 11) is 0. The van der Waals surface area contributed by atoms with Crippen molar-refractivity contribution in [3.63, 3.8) is 0 Å². The number of hydrogen-bond donors (Lipinski definition) is 0. The minimum absolute atomic E-state index is 0.0236. The second-order valence-electron chi connectivity index (χ2n) is 9.03. The van der Waals surface area contributed by atoms with Crippen LogP contribution in [-0.2, 0) is 4.74 Å². The second kappa shape index (κ2) is 11.9. The molecule has 0 bridgehead atoms. The first-order valence-corrected chi connectivity index (χ1v) is 12.1. The summed E-state index contributed by atoms with van der Waals surface area (Å²) in [5, 5.41) is 0. The summed E-state index contributed by atoms with van der Waals surface area (Å²) in [5.74, 6) is 0. The number of piperazine rings is 1. The molecule has 33 heavy (non-hydrogen) atoms. The van der Waals surface area contributed by atoms with Gasteiger partial charge in [-0.15, -0.1) is 0 Å². The molecule has 3 nitrogen and oxygen atoms in total. The molecule has 0 saturated carbocycles. The minimum atomic E-state index is -0.0236. The van der Waals surface area contributed by atoms with Crippen molar-refractivity contribution in [2.45, 2.75) is 32.0 Å². The lowest BCUT2D eigenvalue weighted by Crippen LogP contribution is -2.56. The molecular weight excluding hydrogens is 404 g/mol. The predicted molar refractivity (Wildman–Crippen MR) is 138 cm³/mol. The number of benzene rings is 3. The van der Waals surface area contributed by atoms with E-state index < -0.39 is 0 Å². The zero-order chi connectivity index (χ0) is 22.9. The van der Waals surface area contributed by atoms with Crippen LogP contribution in [0.25, 0.3) is 6.08 Å². The molecule has 1 saturated heterocycles. The Balaban J connectivity index is 1.30. The maximum Gasteiger partial charge on any atom is 0.108 e. The standard InChI is InChI=1S/C30H36N2O/c1-25-24-32(26(2)23-31(25)20-12-15-27-13-6-3-7-14-27)21-22-33-30(28-16-8-4-9-17-28)29-18-10-5-11-19-29/h3-19,25-26,30H,20-24H2,1-2H3/b15-12+/t25-,26+/m0/s1. The maximum atomic E-state index is 6.47. The Kier molecular flexibility index (Phi) is 8.48. The van der Waals surface area contributed by atoms with Gasteiger partial charge in [0.1, 0.15) is 6.10 Å². The molecule has 3 aromatic rings. The van der Waals surface area contributed by atoms with Gasteiger partial charge in [-0.2, -0.15) is 0 Å². The minimum Gasteiger partial charge on any atom is -0.367 e. The molecule has 172 valence electrons. The van der Waals surface area contributed by atoms with E-state index in [9.17, 15) is 0 Å². The molecule has 0 aliphatic carbocycles. The summed E-state index contributed by atoms with van der Waals surface area (Å²) in [6.45, 7) is 9.51. The number of rotatable bonds is 9. The van der Waals surface area contributed by atoms with E-state index in [1.807, 2.05) is 0 Å². The second-order valence-corrected chi connectivity index (χ2v) is 9.03. The molecule has 3 heteroatoms. The van der Waals surface area contributed by atoms with Crippen molar-refractivity contribution >= 4 is 6.08 Å². The molecule has 0 unspecified atom stereocenters. The van der Waals surface area contributed by atoms with Gasteiger partial charge in [0.05, 0.1) is 6.61 Å². The van der Waals surface area contributed by atoms with E-state index in [1.165, 1.54) is 16.7 Å². The molecule has 2 atom stereocenters. The van der Waals surface area contributed by atoms with Crippen LogP contribution in [0.5, 0.6) is 0 Å². The first kappa shape index (κ1) is 23.4. The van der Waals surface area contributed by atoms with Crippen LogP contribution < -0.4 is 0 Å². The molecule has 4 rings (SSSR count). The molecule has 1 aliphatic heterocycles. The summed E-state index contributed by atoms with van der Waals surface area (Å²) in [6.07, 6.45) is 4.50. The normalized spacial score (nSPS) is 20.0. The number of nitrogens with zero attached hydrogens (tertiary/aromatic N) is 2. The van der Waals surface area contributed by atoms with Crippen molar-refractivity contribution < 1.29 is 4.74 Å². The highest BCUT2D eigenvalue weighted by atomic mass is 16.5. The number of hydrogen-bond acceptors (Lipinski definition) is 3. The van der Waals surface area contributed by atoms with Gasteiger partial charge in [-0.3, -0.25) is 9.80 Å². The Morgan fingerprint density at radius 1 is 0.758 bits per heavy atom. The van der Waals surface area contributed by atoms with Crippen molar-refractivity contribution in [2.75, 3.05) is 32.8 Å². The third-order valence-electron chi connectivity index (χ3n) is 6.56. The van der Waals surface area contributed by atoms with Gasteiger partial charge in [-0.25, -0.2) is 0 Å². The Morgan fingerprint density at radius 2 is 1.27 bits per heavy atom. The van der Waals surface area contributed by atoms with E-state index >= 15 is 0 Å². The highest BCUT2D eigenvalue weighted by molar-refractivity contribution is 5.48. The molecule has 3 aromatic carbocycles. The summed E-state index contributed by atoms with van der Waals surface area (Å²) in [4.78, 5) is 5.16. The summed E-state index contributed by atoms with van der Waals surface area (Å²) < 4.78 is 6.47. The topological polar surface area (TPSA) is 15.7 Å². The van der Waals surface area contributed by atoms with Crippen LogP contribution in [0.2, 0.25) is 0 Å². The van der Waals surface area contributed by atoms with Crippen LogP contribution in [0.4, 0.5) is 0 Å². The van der Waals surface area contributed by atoms with Crippen LogP contribution >= 0.6 is 0 Å². The summed E-state index contributed by atoms with van der Waals surface area (Å²) >= 11 is 0. The largest absolute Gasteiger partial charge is 0.367 e. The molecule has 0 amide bonds. The molecule has 1 heterocycles. The van der Waals surface area contributed by atoms with Crippen molar-refractivity contribution in [2.24, 2.45) is 0 Å². The van der Waals surface area contributed by atoms with Gasteiger partial charge < -0.3 is 4.74 Å². The maximum absolute atomic E-state index is 6.47. The summed E-state index contributed by atoms with van der Waals surface area (Å²) in [5.41, 5.74) is 3.68. The van der Waals surface area contributed by atoms with Crippen molar-refractivity contribution in [1.29, 1.82) is 0 Å². The van der Waals surface area contributed by atoms with Gasteiger partial charge in [0, 0.05) is 38.3 Å². The fourth-order valence-electron chi connectivity index (χ4n) is 4.65. The average Bonchev–Trinajstić information content (AvgIpc) is 2.86. The lowest BCUT2D eigenvalue weighted by molar-refractivity contribution is 0.0106. The SMILES string of the molecule is C[C@@H]1CN(C/C=C/c2ccccc2)[C@@H](C)CN1CCOC(c1ccccc1)c1ccccc1. The fourth-order valence-corrected chi connectivity index (χ4v) is 4.65. The van der Waals surface area contributed by atoms with E-state index in [-0.39, 0.29) is 6.10 Å². The lowest BCUT2D eigenvalue weighted by atomic mass is 10.0. The predicted octanol–water partition coefficient (Wildman–Crippen LogP) is 5.90. The Hall–Kier alpha value is -2.72. The molecule has 0 radical (unpaired) electrons. The van der Waals surface area contributed by atoms with Crippen LogP contribution in [0.15, 0.2) is 97.1 Å². The zero-order valence-electron chi connectivity index (χ0n) is 19.9. The van der Waals surface area contributed by atoms with E-state index in [0.717, 1.165) is 32.8 Å². The Morgan fingerprint density at radius 3 is 1.88 bits per heavy atom. The van der Waals surface area contributed by atoms with Crippen molar-refractivity contribution in [3.8, 4) is 0 Å². The molecule has 0 N–H and O–H groups in total. The van der Waals surface area contributed by atoms with Gasteiger partial charge in [-0.05, 0) is 30.5 Å². The molecule has 0 aromatic heterocycles. The van der Waals surface area contributed by atoms with Gasteiger partial charge in [0.25, 0.3) is 0 Å².